The number of aryl methyl sites for hydroxylation is 2. The van der Waals surface area contributed by atoms with E-state index in [0.717, 1.165) is 38.4 Å². The molecule has 1 N–H and O–H groups in total. The second-order valence-corrected chi connectivity index (χ2v) is 5.97. The van der Waals surface area contributed by atoms with Crippen LogP contribution in [0.1, 0.15) is 30.7 Å². The number of hydrogen-bond acceptors (Lipinski definition) is 4. The molecule has 0 bridgehead atoms. The zero-order valence-corrected chi connectivity index (χ0v) is 13.5. The standard InChI is InChI=1S/C16H28N4/c1-6-17-10-15-12(2)9-13(3)18-16(15)20-8-7-19(5)11-14(20)4/h9,14,17H,6-8,10-11H2,1-5H3. The highest BCUT2D eigenvalue weighted by Gasteiger charge is 2.25. The fraction of sp³-hybridized carbons (Fsp3) is 0.688. The van der Waals surface area contributed by atoms with Gasteiger partial charge in [0.1, 0.15) is 5.82 Å². The normalized spacial score (nSPS) is 20.4. The zero-order valence-electron chi connectivity index (χ0n) is 13.5. The highest BCUT2D eigenvalue weighted by Crippen LogP contribution is 2.26. The number of pyridine rings is 1. The molecular weight excluding hydrogens is 248 g/mol. The van der Waals surface area contributed by atoms with Crippen LogP contribution in [0.5, 0.6) is 0 Å². The van der Waals surface area contributed by atoms with Gasteiger partial charge in [0.25, 0.3) is 0 Å². The SMILES string of the molecule is CCNCc1c(C)cc(C)nc1N1CCN(C)CC1C. The largest absolute Gasteiger partial charge is 0.351 e. The Labute approximate surface area is 123 Å². The van der Waals surface area contributed by atoms with Crippen molar-refractivity contribution in [3.05, 3.63) is 22.9 Å². The van der Waals surface area contributed by atoms with Crippen LogP contribution in [0.2, 0.25) is 0 Å². The lowest BCUT2D eigenvalue weighted by Gasteiger charge is -2.40. The highest BCUT2D eigenvalue weighted by molar-refractivity contribution is 5.52. The fourth-order valence-electron chi connectivity index (χ4n) is 3.00. The predicted octanol–water partition coefficient (Wildman–Crippen LogP) is 1.95. The average Bonchev–Trinajstić information content (AvgIpc) is 2.37. The van der Waals surface area contributed by atoms with E-state index in [1.54, 1.807) is 0 Å². The second kappa shape index (κ2) is 6.55. The van der Waals surface area contributed by atoms with E-state index in [1.165, 1.54) is 16.9 Å². The number of nitrogens with zero attached hydrogens (tertiary/aromatic N) is 3. The van der Waals surface area contributed by atoms with Gasteiger partial charge in [-0.1, -0.05) is 6.92 Å². The molecule has 112 valence electrons. The number of hydrogen-bond donors (Lipinski definition) is 1. The topological polar surface area (TPSA) is 31.4 Å². The van der Waals surface area contributed by atoms with E-state index >= 15 is 0 Å². The highest BCUT2D eigenvalue weighted by atomic mass is 15.3. The van der Waals surface area contributed by atoms with Crippen molar-refractivity contribution >= 4 is 5.82 Å². The Morgan fingerprint density at radius 2 is 2.10 bits per heavy atom. The molecule has 2 rings (SSSR count). The number of piperazine rings is 1. The molecule has 0 aromatic carbocycles. The van der Waals surface area contributed by atoms with E-state index in [4.69, 9.17) is 4.98 Å². The first-order valence-electron chi connectivity index (χ1n) is 7.66. The summed E-state index contributed by atoms with van der Waals surface area (Å²) in [4.78, 5) is 9.73. The monoisotopic (exact) mass is 276 g/mol. The number of aromatic nitrogens is 1. The van der Waals surface area contributed by atoms with Crippen LogP contribution in [0, 0.1) is 13.8 Å². The van der Waals surface area contributed by atoms with Gasteiger partial charge in [0.2, 0.25) is 0 Å². The van der Waals surface area contributed by atoms with Gasteiger partial charge in [-0.15, -0.1) is 0 Å². The van der Waals surface area contributed by atoms with Crippen molar-refractivity contribution in [3.8, 4) is 0 Å². The summed E-state index contributed by atoms with van der Waals surface area (Å²) in [7, 11) is 2.20. The van der Waals surface area contributed by atoms with E-state index in [1.807, 2.05) is 0 Å². The zero-order chi connectivity index (χ0) is 14.7. The predicted molar refractivity (Wildman–Crippen MR) is 85.4 cm³/mol. The quantitative estimate of drug-likeness (QED) is 0.911. The first kappa shape index (κ1) is 15.3. The van der Waals surface area contributed by atoms with Crippen molar-refractivity contribution in [3.63, 3.8) is 0 Å². The molecule has 1 saturated heterocycles. The van der Waals surface area contributed by atoms with Crippen molar-refractivity contribution in [2.24, 2.45) is 0 Å². The van der Waals surface area contributed by atoms with Crippen LogP contribution in [0.15, 0.2) is 6.07 Å². The molecule has 0 spiro atoms. The summed E-state index contributed by atoms with van der Waals surface area (Å²) < 4.78 is 0. The van der Waals surface area contributed by atoms with Crippen LogP contribution in [-0.2, 0) is 6.54 Å². The molecule has 1 aliphatic rings. The van der Waals surface area contributed by atoms with Crippen LogP contribution in [-0.4, -0.2) is 49.2 Å². The molecule has 0 saturated carbocycles. The summed E-state index contributed by atoms with van der Waals surface area (Å²) in [6.07, 6.45) is 0. The molecule has 1 aromatic heterocycles. The summed E-state index contributed by atoms with van der Waals surface area (Å²) in [6.45, 7) is 13.9. The molecule has 4 nitrogen and oxygen atoms in total. The molecule has 1 aliphatic heterocycles. The number of anilines is 1. The Bertz CT molecular complexity index is 458. The molecule has 2 heterocycles. The van der Waals surface area contributed by atoms with Crippen LogP contribution < -0.4 is 10.2 Å². The first-order chi connectivity index (χ1) is 9.52. The van der Waals surface area contributed by atoms with Crippen LogP contribution >= 0.6 is 0 Å². The third-order valence-corrected chi connectivity index (χ3v) is 4.11. The lowest BCUT2D eigenvalue weighted by atomic mass is 10.1. The van der Waals surface area contributed by atoms with E-state index in [2.05, 4.69) is 55.9 Å². The molecule has 1 unspecified atom stereocenters. The summed E-state index contributed by atoms with van der Waals surface area (Å²) in [5.74, 6) is 1.18. The smallest absolute Gasteiger partial charge is 0.133 e. The minimum atomic E-state index is 0.517. The summed E-state index contributed by atoms with van der Waals surface area (Å²) in [6, 6.07) is 2.71. The van der Waals surface area contributed by atoms with E-state index in [0.29, 0.717) is 6.04 Å². The molecule has 1 atom stereocenters. The van der Waals surface area contributed by atoms with Gasteiger partial charge >= 0.3 is 0 Å². The Kier molecular flexibility index (Phi) is 5.00. The van der Waals surface area contributed by atoms with Crippen molar-refractivity contribution in [2.75, 3.05) is 38.1 Å². The van der Waals surface area contributed by atoms with Gasteiger partial charge in [0, 0.05) is 43.5 Å². The number of likely N-dealkylation sites (N-methyl/N-ethyl adjacent to an activating group) is 1. The van der Waals surface area contributed by atoms with E-state index in [9.17, 15) is 0 Å². The molecule has 0 amide bonds. The maximum Gasteiger partial charge on any atom is 0.133 e. The maximum atomic E-state index is 4.85. The summed E-state index contributed by atoms with van der Waals surface area (Å²) in [5.41, 5.74) is 3.82. The minimum Gasteiger partial charge on any atom is -0.351 e. The van der Waals surface area contributed by atoms with Gasteiger partial charge in [0.15, 0.2) is 0 Å². The first-order valence-corrected chi connectivity index (χ1v) is 7.66. The molecule has 1 aromatic rings. The van der Waals surface area contributed by atoms with Gasteiger partial charge in [-0.3, -0.25) is 0 Å². The fourth-order valence-corrected chi connectivity index (χ4v) is 3.00. The van der Waals surface area contributed by atoms with Gasteiger partial charge in [-0.25, -0.2) is 4.98 Å². The van der Waals surface area contributed by atoms with Gasteiger partial charge in [-0.2, -0.15) is 0 Å². The minimum absolute atomic E-state index is 0.517. The van der Waals surface area contributed by atoms with Crippen molar-refractivity contribution in [1.82, 2.24) is 15.2 Å². The van der Waals surface area contributed by atoms with Crippen LogP contribution in [0.3, 0.4) is 0 Å². The van der Waals surface area contributed by atoms with E-state index < -0.39 is 0 Å². The van der Waals surface area contributed by atoms with Gasteiger partial charge in [-0.05, 0) is 46.0 Å². The molecule has 0 radical (unpaired) electrons. The molecule has 0 aliphatic carbocycles. The molecular formula is C16H28N4. The molecule has 4 heteroatoms. The van der Waals surface area contributed by atoms with Crippen molar-refractivity contribution < 1.29 is 0 Å². The number of nitrogens with one attached hydrogen (secondary N) is 1. The van der Waals surface area contributed by atoms with E-state index in [-0.39, 0.29) is 0 Å². The Morgan fingerprint density at radius 3 is 2.75 bits per heavy atom. The van der Waals surface area contributed by atoms with Gasteiger partial charge in [0.05, 0.1) is 0 Å². The third-order valence-electron chi connectivity index (χ3n) is 4.11. The lowest BCUT2D eigenvalue weighted by Crippen LogP contribution is -2.51. The third kappa shape index (κ3) is 3.30. The molecule has 1 fully saturated rings. The van der Waals surface area contributed by atoms with Crippen molar-refractivity contribution in [2.45, 2.75) is 40.3 Å². The summed E-state index contributed by atoms with van der Waals surface area (Å²) >= 11 is 0. The van der Waals surface area contributed by atoms with Gasteiger partial charge < -0.3 is 15.1 Å². The van der Waals surface area contributed by atoms with Crippen LogP contribution in [0.4, 0.5) is 5.82 Å². The summed E-state index contributed by atoms with van der Waals surface area (Å²) in [5, 5.41) is 3.45. The number of rotatable bonds is 4. The maximum absolute atomic E-state index is 4.85. The lowest BCUT2D eigenvalue weighted by molar-refractivity contribution is 0.274. The van der Waals surface area contributed by atoms with Crippen molar-refractivity contribution in [1.29, 1.82) is 0 Å². The average molecular weight is 276 g/mol. The second-order valence-electron chi connectivity index (χ2n) is 5.97. The Balaban J connectivity index is 2.33. The Morgan fingerprint density at radius 1 is 1.35 bits per heavy atom. The van der Waals surface area contributed by atoms with Crippen LogP contribution in [0.25, 0.3) is 0 Å². The Hall–Kier alpha value is -1.13. The molecule has 20 heavy (non-hydrogen) atoms.